The molecule has 0 aromatic carbocycles. The number of hydrogen-bond acceptors (Lipinski definition) is 2. The average molecular weight is 268 g/mol. The molecule has 5 nitrogen and oxygen atoms in total. The minimum Gasteiger partial charge on any atom is -0.481 e. The Kier molecular flexibility index (Phi) is 4.66. The summed E-state index contributed by atoms with van der Waals surface area (Å²) >= 11 is 0. The highest BCUT2D eigenvalue weighted by atomic mass is 16.4. The van der Waals surface area contributed by atoms with Crippen molar-refractivity contribution in [2.75, 3.05) is 20.1 Å². The lowest BCUT2D eigenvalue weighted by molar-refractivity contribution is -0.137. The zero-order chi connectivity index (χ0) is 13.8. The van der Waals surface area contributed by atoms with Crippen LogP contribution in [0.2, 0.25) is 0 Å². The van der Waals surface area contributed by atoms with Gasteiger partial charge in [-0.2, -0.15) is 0 Å². The molecule has 19 heavy (non-hydrogen) atoms. The number of carbonyl (C=O) groups is 2. The molecule has 2 rings (SSSR count). The largest absolute Gasteiger partial charge is 0.481 e. The molecule has 108 valence electrons. The van der Waals surface area contributed by atoms with Crippen LogP contribution in [0.25, 0.3) is 0 Å². The fourth-order valence-corrected chi connectivity index (χ4v) is 3.43. The molecule has 2 fully saturated rings. The van der Waals surface area contributed by atoms with Gasteiger partial charge in [0.2, 0.25) is 0 Å². The molecule has 0 aromatic heterocycles. The summed E-state index contributed by atoms with van der Waals surface area (Å²) < 4.78 is 0. The van der Waals surface area contributed by atoms with E-state index in [9.17, 15) is 9.59 Å². The van der Waals surface area contributed by atoms with E-state index in [4.69, 9.17) is 5.11 Å². The van der Waals surface area contributed by atoms with Crippen molar-refractivity contribution < 1.29 is 14.7 Å². The molecule has 2 atom stereocenters. The number of carbonyl (C=O) groups excluding carboxylic acids is 1. The van der Waals surface area contributed by atoms with Crippen molar-refractivity contribution in [3.05, 3.63) is 0 Å². The van der Waals surface area contributed by atoms with Crippen LogP contribution >= 0.6 is 0 Å². The monoisotopic (exact) mass is 268 g/mol. The summed E-state index contributed by atoms with van der Waals surface area (Å²) in [6, 6.07) is 0.517. The Labute approximate surface area is 114 Å². The summed E-state index contributed by atoms with van der Waals surface area (Å²) in [4.78, 5) is 26.6. The van der Waals surface area contributed by atoms with E-state index in [0.29, 0.717) is 24.9 Å². The number of amides is 2. The van der Waals surface area contributed by atoms with Gasteiger partial charge in [-0.15, -0.1) is 0 Å². The molecule has 0 radical (unpaired) electrons. The third-order valence-corrected chi connectivity index (χ3v) is 4.47. The first kappa shape index (κ1) is 14.2. The molecule has 1 heterocycles. The number of carboxylic acids is 1. The first-order chi connectivity index (χ1) is 9.09. The minimum absolute atomic E-state index is 0.0831. The number of nitrogens with zero attached hydrogens (tertiary/aromatic N) is 2. The number of hydrogen-bond donors (Lipinski definition) is 1. The van der Waals surface area contributed by atoms with Gasteiger partial charge in [-0.3, -0.25) is 4.79 Å². The third-order valence-electron chi connectivity index (χ3n) is 4.47. The maximum atomic E-state index is 12.4. The number of fused-ring (bicyclic) bond motifs is 1. The van der Waals surface area contributed by atoms with Crippen molar-refractivity contribution >= 4 is 12.0 Å². The van der Waals surface area contributed by atoms with Crippen molar-refractivity contribution in [1.29, 1.82) is 0 Å². The van der Waals surface area contributed by atoms with Crippen molar-refractivity contribution in [2.24, 2.45) is 5.92 Å². The van der Waals surface area contributed by atoms with E-state index in [2.05, 4.69) is 0 Å². The quantitative estimate of drug-likeness (QED) is 0.850. The molecule has 1 N–H and O–H groups in total. The Hall–Kier alpha value is -1.26. The number of rotatable bonds is 4. The van der Waals surface area contributed by atoms with Gasteiger partial charge in [0.05, 0.1) is 0 Å². The number of likely N-dealkylation sites (tertiary alicyclic amines) is 1. The van der Waals surface area contributed by atoms with Crippen LogP contribution < -0.4 is 0 Å². The summed E-state index contributed by atoms with van der Waals surface area (Å²) in [5.74, 6) is -0.0977. The molecule has 5 heteroatoms. The van der Waals surface area contributed by atoms with Crippen molar-refractivity contribution in [1.82, 2.24) is 9.80 Å². The molecule has 0 spiro atoms. The lowest BCUT2D eigenvalue weighted by atomic mass is 9.85. The van der Waals surface area contributed by atoms with Crippen LogP contribution in [0, 0.1) is 5.92 Å². The highest BCUT2D eigenvalue weighted by molar-refractivity contribution is 5.75. The SMILES string of the molecule is CN(CCCC(=O)O)C(=O)N1CCC2CCCCC21. The van der Waals surface area contributed by atoms with Crippen molar-refractivity contribution in [3.63, 3.8) is 0 Å². The fraction of sp³-hybridized carbons (Fsp3) is 0.857. The Morgan fingerprint density at radius 2 is 2.00 bits per heavy atom. The van der Waals surface area contributed by atoms with E-state index in [1.807, 2.05) is 4.90 Å². The van der Waals surface area contributed by atoms with Crippen LogP contribution in [-0.4, -0.2) is 53.1 Å². The van der Waals surface area contributed by atoms with Gasteiger partial charge in [0.25, 0.3) is 0 Å². The highest BCUT2D eigenvalue weighted by Gasteiger charge is 2.38. The molecule has 1 aliphatic heterocycles. The van der Waals surface area contributed by atoms with Crippen molar-refractivity contribution in [2.45, 2.75) is 51.0 Å². The van der Waals surface area contributed by atoms with Gasteiger partial charge < -0.3 is 14.9 Å². The second-order valence-electron chi connectivity index (χ2n) is 5.80. The van der Waals surface area contributed by atoms with E-state index in [-0.39, 0.29) is 12.5 Å². The van der Waals surface area contributed by atoms with Gasteiger partial charge in [-0.25, -0.2) is 4.79 Å². The molecular formula is C14H24N2O3. The van der Waals surface area contributed by atoms with E-state index in [1.165, 1.54) is 19.3 Å². The zero-order valence-electron chi connectivity index (χ0n) is 11.7. The Morgan fingerprint density at radius 3 is 2.74 bits per heavy atom. The van der Waals surface area contributed by atoms with E-state index in [0.717, 1.165) is 19.4 Å². The third kappa shape index (κ3) is 3.39. The van der Waals surface area contributed by atoms with Crippen LogP contribution in [-0.2, 0) is 4.79 Å². The summed E-state index contributed by atoms with van der Waals surface area (Å²) in [5, 5.41) is 8.62. The molecule has 2 aliphatic rings. The Bertz CT molecular complexity index is 346. The average Bonchev–Trinajstić information content (AvgIpc) is 2.81. The summed E-state index contributed by atoms with van der Waals surface area (Å²) in [5.41, 5.74) is 0. The maximum absolute atomic E-state index is 12.4. The first-order valence-electron chi connectivity index (χ1n) is 7.33. The van der Waals surface area contributed by atoms with E-state index < -0.39 is 5.97 Å². The van der Waals surface area contributed by atoms with Crippen LogP contribution in [0.5, 0.6) is 0 Å². The van der Waals surface area contributed by atoms with E-state index >= 15 is 0 Å². The van der Waals surface area contributed by atoms with Gasteiger partial charge in [-0.1, -0.05) is 12.8 Å². The Morgan fingerprint density at radius 1 is 1.26 bits per heavy atom. The first-order valence-corrected chi connectivity index (χ1v) is 7.33. The van der Waals surface area contributed by atoms with Crippen LogP contribution in [0.1, 0.15) is 44.9 Å². The Balaban J connectivity index is 1.83. The normalized spacial score (nSPS) is 26.1. The van der Waals surface area contributed by atoms with Crippen molar-refractivity contribution in [3.8, 4) is 0 Å². The highest BCUT2D eigenvalue weighted by Crippen LogP contribution is 2.36. The summed E-state index contributed by atoms with van der Waals surface area (Å²) in [6.45, 7) is 1.40. The molecular weight excluding hydrogens is 244 g/mol. The zero-order valence-corrected chi connectivity index (χ0v) is 11.7. The molecule has 0 aromatic rings. The smallest absolute Gasteiger partial charge is 0.319 e. The standard InChI is InChI=1S/C14H24N2O3/c1-15(9-4-7-13(17)18)14(19)16-10-8-11-5-2-3-6-12(11)16/h11-12H,2-10H2,1H3,(H,17,18). The second-order valence-corrected chi connectivity index (χ2v) is 5.80. The fourth-order valence-electron chi connectivity index (χ4n) is 3.43. The van der Waals surface area contributed by atoms with E-state index in [1.54, 1.807) is 11.9 Å². The molecule has 2 amide bonds. The topological polar surface area (TPSA) is 60.9 Å². The number of urea groups is 1. The maximum Gasteiger partial charge on any atom is 0.319 e. The van der Waals surface area contributed by atoms with Gasteiger partial charge in [-0.05, 0) is 31.6 Å². The predicted molar refractivity (Wildman–Crippen MR) is 72.0 cm³/mol. The number of aliphatic carboxylic acids is 1. The predicted octanol–water partition coefficient (Wildman–Crippen LogP) is 2.17. The second kappa shape index (κ2) is 6.26. The van der Waals surface area contributed by atoms with Crippen LogP contribution in [0.15, 0.2) is 0 Å². The van der Waals surface area contributed by atoms with Gasteiger partial charge in [0.1, 0.15) is 0 Å². The van der Waals surface area contributed by atoms with Gasteiger partial charge >= 0.3 is 12.0 Å². The van der Waals surface area contributed by atoms with Gasteiger partial charge in [0, 0.05) is 32.6 Å². The molecule has 0 bridgehead atoms. The summed E-state index contributed by atoms with van der Waals surface area (Å²) in [6.07, 6.45) is 6.73. The van der Waals surface area contributed by atoms with Crippen LogP contribution in [0.4, 0.5) is 4.79 Å². The van der Waals surface area contributed by atoms with Crippen LogP contribution in [0.3, 0.4) is 0 Å². The molecule has 1 saturated heterocycles. The molecule has 2 unspecified atom stereocenters. The minimum atomic E-state index is -0.797. The molecule has 1 saturated carbocycles. The molecule has 1 aliphatic carbocycles. The summed E-state index contributed by atoms with van der Waals surface area (Å²) in [7, 11) is 1.78. The lowest BCUT2D eigenvalue weighted by Gasteiger charge is -2.34. The number of carboxylic acid groups (broad SMARTS) is 1. The van der Waals surface area contributed by atoms with Gasteiger partial charge in [0.15, 0.2) is 0 Å². The lowest BCUT2D eigenvalue weighted by Crippen LogP contribution is -2.46.